The first-order valence-corrected chi connectivity index (χ1v) is 4.62. The average molecular weight is 134 g/mol. The third-order valence-corrected chi connectivity index (χ3v) is 3.92. The Morgan fingerprint density at radius 2 is 2.00 bits per heavy atom. The van der Waals surface area contributed by atoms with Crippen LogP contribution in [0.5, 0.6) is 0 Å². The van der Waals surface area contributed by atoms with Gasteiger partial charge in [0.2, 0.25) is 0 Å². The van der Waals surface area contributed by atoms with Gasteiger partial charge in [0.05, 0.1) is 0 Å². The van der Waals surface area contributed by atoms with Crippen molar-refractivity contribution in [2.45, 2.75) is 25.7 Å². The molecule has 0 unspecified atom stereocenters. The van der Waals surface area contributed by atoms with Crippen LogP contribution in [-0.4, -0.2) is 0 Å². The lowest BCUT2D eigenvalue weighted by molar-refractivity contribution is 0.285. The average Bonchev–Trinajstić information content (AvgIpc) is 2.60. The van der Waals surface area contributed by atoms with Gasteiger partial charge in [0.25, 0.3) is 0 Å². The van der Waals surface area contributed by atoms with Crippen molar-refractivity contribution in [2.24, 2.45) is 23.7 Å². The van der Waals surface area contributed by atoms with Crippen LogP contribution in [0.4, 0.5) is 0 Å². The highest BCUT2D eigenvalue weighted by Gasteiger charge is 2.47. The molecule has 0 aromatic rings. The maximum absolute atomic E-state index is 2.49. The molecule has 3 aliphatic rings. The summed E-state index contributed by atoms with van der Waals surface area (Å²) in [6, 6.07) is 0. The molecule has 3 rings (SSSR count). The Labute approximate surface area is 62.3 Å². The van der Waals surface area contributed by atoms with E-state index in [1.54, 1.807) is 12.8 Å². The maximum Gasteiger partial charge on any atom is -0.0171 e. The van der Waals surface area contributed by atoms with Crippen molar-refractivity contribution in [2.75, 3.05) is 0 Å². The maximum atomic E-state index is 2.49. The standard InChI is InChI=1S/C10H14/c1-2-9-7-4-5-8(6-7)10(9)3-1/h1-2,7-10H,3-6H2/t7-,8+,9-,10-/m0/s1. The molecule has 4 atom stereocenters. The first-order chi connectivity index (χ1) is 4.95. The van der Waals surface area contributed by atoms with Crippen LogP contribution in [0.1, 0.15) is 25.7 Å². The predicted molar refractivity (Wildman–Crippen MR) is 41.6 cm³/mol. The van der Waals surface area contributed by atoms with E-state index >= 15 is 0 Å². The van der Waals surface area contributed by atoms with Gasteiger partial charge in [0, 0.05) is 0 Å². The van der Waals surface area contributed by atoms with E-state index in [1.165, 1.54) is 12.8 Å². The molecule has 0 heteroatoms. The molecule has 0 N–H and O–H groups in total. The summed E-state index contributed by atoms with van der Waals surface area (Å²) in [5.74, 6) is 4.36. The van der Waals surface area contributed by atoms with Crippen LogP contribution in [0, 0.1) is 23.7 Å². The number of allylic oxidation sites excluding steroid dienone is 2. The zero-order chi connectivity index (χ0) is 6.55. The van der Waals surface area contributed by atoms with Crippen molar-refractivity contribution < 1.29 is 0 Å². The van der Waals surface area contributed by atoms with Gasteiger partial charge >= 0.3 is 0 Å². The van der Waals surface area contributed by atoms with Gasteiger partial charge in [-0.1, -0.05) is 12.2 Å². The summed E-state index contributed by atoms with van der Waals surface area (Å²) in [7, 11) is 0. The highest BCUT2D eigenvalue weighted by molar-refractivity contribution is 5.11. The number of fused-ring (bicyclic) bond motifs is 5. The molecule has 3 aliphatic carbocycles. The smallest absolute Gasteiger partial charge is 0.0171 e. The summed E-state index contributed by atoms with van der Waals surface area (Å²) in [4.78, 5) is 0. The lowest BCUT2D eigenvalue weighted by Gasteiger charge is -2.23. The molecule has 0 radical (unpaired) electrons. The second-order valence-electron chi connectivity index (χ2n) is 4.24. The fourth-order valence-corrected chi connectivity index (χ4v) is 3.50. The molecule has 0 nitrogen and oxygen atoms in total. The van der Waals surface area contributed by atoms with E-state index in [1.807, 2.05) is 0 Å². The van der Waals surface area contributed by atoms with Gasteiger partial charge in [-0.15, -0.1) is 0 Å². The summed E-state index contributed by atoms with van der Waals surface area (Å²) in [5, 5.41) is 0. The van der Waals surface area contributed by atoms with Crippen LogP contribution in [0.15, 0.2) is 12.2 Å². The normalized spacial score (nSPS) is 56.0. The van der Waals surface area contributed by atoms with E-state index in [-0.39, 0.29) is 0 Å². The lowest BCUT2D eigenvalue weighted by Crippen LogP contribution is -2.16. The number of rotatable bonds is 0. The topological polar surface area (TPSA) is 0 Å². The molecule has 0 spiro atoms. The molecular formula is C10H14. The fraction of sp³-hybridized carbons (Fsp3) is 0.800. The van der Waals surface area contributed by atoms with E-state index in [2.05, 4.69) is 12.2 Å². The molecule has 2 saturated carbocycles. The molecule has 0 heterocycles. The van der Waals surface area contributed by atoms with Crippen LogP contribution in [-0.2, 0) is 0 Å². The third kappa shape index (κ3) is 0.492. The minimum atomic E-state index is 1.03. The zero-order valence-corrected chi connectivity index (χ0v) is 6.29. The van der Waals surface area contributed by atoms with Crippen LogP contribution in [0.2, 0.25) is 0 Å². The van der Waals surface area contributed by atoms with Gasteiger partial charge in [-0.05, 0) is 49.4 Å². The molecule has 54 valence electrons. The Morgan fingerprint density at radius 1 is 1.10 bits per heavy atom. The Hall–Kier alpha value is -0.260. The van der Waals surface area contributed by atoms with Gasteiger partial charge in [0.1, 0.15) is 0 Å². The fourth-order valence-electron chi connectivity index (χ4n) is 3.50. The third-order valence-electron chi connectivity index (χ3n) is 3.92. The SMILES string of the molecule is C1=C[C@H]2[C@H]3CC[C@H](C3)[C@@H]2C1. The lowest BCUT2D eigenvalue weighted by atomic mass is 9.82. The van der Waals surface area contributed by atoms with Crippen LogP contribution in [0.25, 0.3) is 0 Å². The van der Waals surface area contributed by atoms with Crippen LogP contribution >= 0.6 is 0 Å². The second kappa shape index (κ2) is 1.66. The minimum Gasteiger partial charge on any atom is -0.0879 e. The van der Waals surface area contributed by atoms with Crippen molar-refractivity contribution in [3.8, 4) is 0 Å². The van der Waals surface area contributed by atoms with E-state index in [9.17, 15) is 0 Å². The van der Waals surface area contributed by atoms with Crippen LogP contribution in [0.3, 0.4) is 0 Å². The quantitative estimate of drug-likeness (QED) is 0.447. The molecule has 0 aliphatic heterocycles. The van der Waals surface area contributed by atoms with Gasteiger partial charge < -0.3 is 0 Å². The number of hydrogen-bond donors (Lipinski definition) is 0. The Kier molecular flexibility index (Phi) is 0.898. The van der Waals surface area contributed by atoms with Gasteiger partial charge in [-0.3, -0.25) is 0 Å². The highest BCUT2D eigenvalue weighted by atomic mass is 14.5. The summed E-state index contributed by atoms with van der Waals surface area (Å²) in [6.07, 6.45) is 11.0. The molecule has 10 heavy (non-hydrogen) atoms. The Bertz CT molecular complexity index is 180. The molecule has 0 amide bonds. The van der Waals surface area contributed by atoms with Crippen molar-refractivity contribution in [1.82, 2.24) is 0 Å². The number of hydrogen-bond acceptors (Lipinski definition) is 0. The predicted octanol–water partition coefficient (Wildman–Crippen LogP) is 2.61. The van der Waals surface area contributed by atoms with Crippen molar-refractivity contribution in [1.29, 1.82) is 0 Å². The Morgan fingerprint density at radius 3 is 2.90 bits per heavy atom. The van der Waals surface area contributed by atoms with Crippen LogP contribution < -0.4 is 0 Å². The summed E-state index contributed by atoms with van der Waals surface area (Å²) in [6.45, 7) is 0. The van der Waals surface area contributed by atoms with Gasteiger partial charge in [0.15, 0.2) is 0 Å². The first kappa shape index (κ1) is 5.40. The summed E-state index contributed by atoms with van der Waals surface area (Å²) >= 11 is 0. The zero-order valence-electron chi connectivity index (χ0n) is 6.29. The highest BCUT2D eigenvalue weighted by Crippen LogP contribution is 2.56. The summed E-state index contributed by atoms with van der Waals surface area (Å²) < 4.78 is 0. The molecule has 2 fully saturated rings. The van der Waals surface area contributed by atoms with Crippen molar-refractivity contribution >= 4 is 0 Å². The monoisotopic (exact) mass is 134 g/mol. The van der Waals surface area contributed by atoms with E-state index in [4.69, 9.17) is 0 Å². The largest absolute Gasteiger partial charge is 0.0879 e. The first-order valence-electron chi connectivity index (χ1n) is 4.62. The van der Waals surface area contributed by atoms with Crippen molar-refractivity contribution in [3.05, 3.63) is 12.2 Å². The Balaban J connectivity index is 1.97. The summed E-state index contributed by atoms with van der Waals surface area (Å²) in [5.41, 5.74) is 0. The van der Waals surface area contributed by atoms with Crippen molar-refractivity contribution in [3.63, 3.8) is 0 Å². The van der Waals surface area contributed by atoms with Gasteiger partial charge in [-0.25, -0.2) is 0 Å². The molecule has 0 aromatic carbocycles. The van der Waals surface area contributed by atoms with E-state index in [0.717, 1.165) is 23.7 Å². The molecule has 2 bridgehead atoms. The molecule has 0 saturated heterocycles. The molecular weight excluding hydrogens is 120 g/mol. The van der Waals surface area contributed by atoms with E-state index in [0.29, 0.717) is 0 Å². The minimum absolute atomic E-state index is 1.03. The van der Waals surface area contributed by atoms with Gasteiger partial charge in [-0.2, -0.15) is 0 Å². The second-order valence-corrected chi connectivity index (χ2v) is 4.24. The molecule has 0 aromatic heterocycles. The van der Waals surface area contributed by atoms with E-state index < -0.39 is 0 Å².